The molecule has 2 aromatic carbocycles. The monoisotopic (exact) mass is 387 g/mol. The lowest BCUT2D eigenvalue weighted by Crippen LogP contribution is -2.31. The highest BCUT2D eigenvalue weighted by atomic mass is 32.2. The van der Waals surface area contributed by atoms with Crippen molar-refractivity contribution in [1.82, 2.24) is 9.88 Å². The summed E-state index contributed by atoms with van der Waals surface area (Å²) in [6.07, 6.45) is 0.790. The van der Waals surface area contributed by atoms with Gasteiger partial charge in [-0.3, -0.25) is 19.5 Å². The molecule has 3 rings (SSSR count). The van der Waals surface area contributed by atoms with Gasteiger partial charge in [-0.15, -0.1) is 11.8 Å². The van der Waals surface area contributed by atoms with Gasteiger partial charge in [-0.2, -0.15) is 0 Å². The number of rotatable bonds is 8. The highest BCUT2D eigenvalue weighted by Gasteiger charge is 2.15. The molecule has 1 heterocycles. The van der Waals surface area contributed by atoms with E-state index in [0.717, 1.165) is 16.7 Å². The van der Waals surface area contributed by atoms with Gasteiger partial charge in [0.2, 0.25) is 5.91 Å². The molecule has 1 amide bonds. The third kappa shape index (κ3) is 4.76. The zero-order valence-electron chi connectivity index (χ0n) is 14.3. The van der Waals surface area contributed by atoms with Crippen LogP contribution in [0, 0.1) is 10.1 Å². The van der Waals surface area contributed by atoms with Crippen molar-refractivity contribution < 1.29 is 14.1 Å². The molecule has 9 heteroatoms. The van der Waals surface area contributed by atoms with Gasteiger partial charge < -0.3 is 9.73 Å². The predicted molar refractivity (Wildman–Crippen MR) is 102 cm³/mol. The first-order valence-electron chi connectivity index (χ1n) is 8.27. The Kier molecular flexibility index (Phi) is 5.92. The van der Waals surface area contributed by atoms with Crippen LogP contribution in [0.2, 0.25) is 0 Å². The molecule has 27 heavy (non-hydrogen) atoms. The molecule has 0 radical (unpaired) electrons. The number of carbonyl (C=O) groups excluding carboxylic acids is 1. The maximum absolute atomic E-state index is 12.1. The SMILES string of the molecule is O=C(Cn1c(=O)oc2cc([N+](=O)[O-])ccc21)NCCCSc1ccccc1. The summed E-state index contributed by atoms with van der Waals surface area (Å²) in [6, 6.07) is 13.8. The number of nitrogens with one attached hydrogen (secondary N) is 1. The number of nitrogens with zero attached hydrogens (tertiary/aromatic N) is 2. The predicted octanol–water partition coefficient (Wildman–Crippen LogP) is 2.80. The third-order valence-corrected chi connectivity index (χ3v) is 4.92. The van der Waals surface area contributed by atoms with Gasteiger partial charge in [-0.05, 0) is 30.4 Å². The fourth-order valence-electron chi connectivity index (χ4n) is 2.52. The van der Waals surface area contributed by atoms with Gasteiger partial charge in [-0.1, -0.05) is 18.2 Å². The Morgan fingerprint density at radius 2 is 2.00 bits per heavy atom. The van der Waals surface area contributed by atoms with Gasteiger partial charge in [0.1, 0.15) is 6.54 Å². The van der Waals surface area contributed by atoms with Gasteiger partial charge in [0.05, 0.1) is 16.5 Å². The van der Waals surface area contributed by atoms with Crippen molar-refractivity contribution in [3.05, 3.63) is 69.2 Å². The highest BCUT2D eigenvalue weighted by Crippen LogP contribution is 2.20. The molecule has 140 valence electrons. The Bertz CT molecular complexity index is 1010. The standard InChI is InChI=1S/C18H17N3O5S/c22-17(19-9-4-10-27-14-5-2-1-3-6-14)12-20-15-8-7-13(21(24)25)11-16(15)26-18(20)23/h1-3,5-8,11H,4,9-10,12H2,(H,19,22). The van der Waals surface area contributed by atoms with E-state index in [2.05, 4.69) is 5.32 Å². The average Bonchev–Trinajstić information content (AvgIpc) is 2.97. The number of carbonyl (C=O) groups is 1. The summed E-state index contributed by atoms with van der Waals surface area (Å²) in [7, 11) is 0. The molecule has 3 aromatic rings. The summed E-state index contributed by atoms with van der Waals surface area (Å²) in [5.41, 5.74) is 0.255. The molecule has 0 aliphatic rings. The summed E-state index contributed by atoms with van der Waals surface area (Å²) < 4.78 is 6.16. The Balaban J connectivity index is 1.52. The number of nitro groups is 1. The normalized spacial score (nSPS) is 10.8. The molecular weight excluding hydrogens is 370 g/mol. The minimum Gasteiger partial charge on any atom is -0.407 e. The van der Waals surface area contributed by atoms with E-state index in [1.165, 1.54) is 23.1 Å². The molecule has 1 aromatic heterocycles. The first-order valence-corrected chi connectivity index (χ1v) is 9.25. The highest BCUT2D eigenvalue weighted by molar-refractivity contribution is 7.99. The first kappa shape index (κ1) is 18.7. The van der Waals surface area contributed by atoms with Crippen molar-refractivity contribution in [3.8, 4) is 0 Å². The average molecular weight is 387 g/mol. The Morgan fingerprint density at radius 1 is 1.22 bits per heavy atom. The Morgan fingerprint density at radius 3 is 2.74 bits per heavy atom. The van der Waals surface area contributed by atoms with Crippen molar-refractivity contribution in [2.75, 3.05) is 12.3 Å². The lowest BCUT2D eigenvalue weighted by atomic mass is 10.3. The van der Waals surface area contributed by atoms with Gasteiger partial charge >= 0.3 is 5.76 Å². The summed E-state index contributed by atoms with van der Waals surface area (Å²) in [5, 5.41) is 13.6. The molecule has 0 atom stereocenters. The molecule has 0 aliphatic carbocycles. The van der Waals surface area contributed by atoms with Crippen LogP contribution in [0.25, 0.3) is 11.1 Å². The van der Waals surface area contributed by atoms with Crippen LogP contribution in [-0.4, -0.2) is 27.7 Å². The fourth-order valence-corrected chi connectivity index (χ4v) is 3.40. The third-order valence-electron chi connectivity index (χ3n) is 3.82. The summed E-state index contributed by atoms with van der Waals surface area (Å²) in [4.78, 5) is 35.4. The number of fused-ring (bicyclic) bond motifs is 1. The topological polar surface area (TPSA) is 107 Å². The number of aromatic nitrogens is 1. The van der Waals surface area contributed by atoms with Gasteiger partial charge in [0, 0.05) is 17.5 Å². The molecule has 1 N–H and O–H groups in total. The van der Waals surface area contributed by atoms with Crippen LogP contribution < -0.4 is 11.1 Å². The smallest absolute Gasteiger partial charge is 0.407 e. The number of nitro benzene ring substituents is 1. The number of thioether (sulfide) groups is 1. The number of hydrogen-bond acceptors (Lipinski definition) is 6. The zero-order valence-corrected chi connectivity index (χ0v) is 15.1. The molecule has 0 aliphatic heterocycles. The van der Waals surface area contributed by atoms with Crippen LogP contribution in [0.4, 0.5) is 5.69 Å². The molecule has 0 spiro atoms. The molecule has 0 saturated heterocycles. The van der Waals surface area contributed by atoms with Gasteiger partial charge in [0.15, 0.2) is 5.58 Å². The Labute approximate surface area is 158 Å². The molecule has 0 unspecified atom stereocenters. The quantitative estimate of drug-likeness (QED) is 0.276. The Hall–Kier alpha value is -3.07. The zero-order chi connectivity index (χ0) is 19.2. The van der Waals surface area contributed by atoms with Crippen molar-refractivity contribution in [3.63, 3.8) is 0 Å². The van der Waals surface area contributed by atoms with E-state index >= 15 is 0 Å². The minimum absolute atomic E-state index is 0.0845. The molecule has 8 nitrogen and oxygen atoms in total. The maximum atomic E-state index is 12.1. The van der Waals surface area contributed by atoms with Crippen LogP contribution in [0.5, 0.6) is 0 Å². The number of hydrogen-bond donors (Lipinski definition) is 1. The van der Waals surface area contributed by atoms with Crippen molar-refractivity contribution >= 4 is 34.5 Å². The van der Waals surface area contributed by atoms with E-state index in [9.17, 15) is 19.7 Å². The van der Waals surface area contributed by atoms with Crippen molar-refractivity contribution in [2.24, 2.45) is 0 Å². The number of amides is 1. The molecular formula is C18H17N3O5S. The minimum atomic E-state index is -0.722. The second-order valence-electron chi connectivity index (χ2n) is 5.73. The van der Waals surface area contributed by atoms with Crippen molar-refractivity contribution in [2.45, 2.75) is 17.9 Å². The van der Waals surface area contributed by atoms with E-state index in [1.807, 2.05) is 30.3 Å². The van der Waals surface area contributed by atoms with Crippen LogP contribution in [0.15, 0.2) is 62.6 Å². The molecule has 0 fully saturated rings. The lowest BCUT2D eigenvalue weighted by Gasteiger charge is -2.06. The van der Waals surface area contributed by atoms with E-state index < -0.39 is 10.7 Å². The second kappa shape index (κ2) is 8.54. The van der Waals surface area contributed by atoms with Crippen LogP contribution >= 0.6 is 11.8 Å². The summed E-state index contributed by atoms with van der Waals surface area (Å²) in [6.45, 7) is 0.296. The second-order valence-corrected chi connectivity index (χ2v) is 6.90. The summed E-state index contributed by atoms with van der Waals surface area (Å²) >= 11 is 1.71. The van der Waals surface area contributed by atoms with Crippen LogP contribution in [0.3, 0.4) is 0 Å². The molecule has 0 bridgehead atoms. The van der Waals surface area contributed by atoms with E-state index in [0.29, 0.717) is 12.1 Å². The van der Waals surface area contributed by atoms with Gasteiger partial charge in [0.25, 0.3) is 5.69 Å². The lowest BCUT2D eigenvalue weighted by molar-refractivity contribution is -0.384. The number of oxazole rings is 1. The van der Waals surface area contributed by atoms with Crippen molar-refractivity contribution in [1.29, 1.82) is 0 Å². The van der Waals surface area contributed by atoms with E-state index in [1.54, 1.807) is 11.8 Å². The van der Waals surface area contributed by atoms with E-state index in [-0.39, 0.29) is 23.7 Å². The van der Waals surface area contributed by atoms with Gasteiger partial charge in [-0.25, -0.2) is 4.79 Å². The van der Waals surface area contributed by atoms with Crippen LogP contribution in [0.1, 0.15) is 6.42 Å². The fraction of sp³-hybridized carbons (Fsp3) is 0.222. The first-order chi connectivity index (χ1) is 13.0. The number of non-ortho nitro benzene ring substituents is 1. The maximum Gasteiger partial charge on any atom is 0.420 e. The van der Waals surface area contributed by atoms with E-state index in [4.69, 9.17) is 4.42 Å². The summed E-state index contributed by atoms with van der Waals surface area (Å²) in [5.74, 6) is -0.175. The molecule has 0 saturated carbocycles. The number of benzene rings is 2. The largest absolute Gasteiger partial charge is 0.420 e. The van der Waals surface area contributed by atoms with Crippen LogP contribution in [-0.2, 0) is 11.3 Å².